The van der Waals surface area contributed by atoms with E-state index in [0.29, 0.717) is 11.4 Å². The predicted molar refractivity (Wildman–Crippen MR) is 113 cm³/mol. The minimum Gasteiger partial charge on any atom is -0.478 e. The number of oxime groups is 1. The Morgan fingerprint density at radius 2 is 1.93 bits per heavy atom. The number of nitrogens with one attached hydrogen (secondary N) is 1. The van der Waals surface area contributed by atoms with Crippen LogP contribution in [0.2, 0.25) is 0 Å². The molecule has 1 aliphatic rings. The summed E-state index contributed by atoms with van der Waals surface area (Å²) < 4.78 is 0. The van der Waals surface area contributed by atoms with Crippen molar-refractivity contribution in [3.63, 3.8) is 0 Å². The molecule has 1 unspecified atom stereocenters. The fourth-order valence-electron chi connectivity index (χ4n) is 3.17. The van der Waals surface area contributed by atoms with Crippen molar-refractivity contribution in [2.75, 3.05) is 0 Å². The van der Waals surface area contributed by atoms with Gasteiger partial charge in [-0.1, -0.05) is 35.5 Å². The minimum absolute atomic E-state index is 0.0714. The third kappa shape index (κ3) is 5.03. The van der Waals surface area contributed by atoms with Crippen molar-refractivity contribution < 1.29 is 19.5 Å². The molecule has 0 radical (unpaired) electrons. The molecule has 0 bridgehead atoms. The molecule has 154 valence electrons. The summed E-state index contributed by atoms with van der Waals surface area (Å²) in [6, 6.07) is 13.7. The van der Waals surface area contributed by atoms with Crippen molar-refractivity contribution in [1.82, 2.24) is 5.32 Å². The van der Waals surface area contributed by atoms with E-state index >= 15 is 0 Å². The van der Waals surface area contributed by atoms with Crippen molar-refractivity contribution in [3.05, 3.63) is 57.8 Å². The molecule has 1 aromatic heterocycles. The number of carbonyl (C=O) groups is 2. The number of carbonyl (C=O) groups excluding carboxylic acids is 1. The van der Waals surface area contributed by atoms with Gasteiger partial charge in [-0.3, -0.25) is 4.79 Å². The van der Waals surface area contributed by atoms with Crippen LogP contribution in [0, 0.1) is 5.92 Å². The standard InChI is InChI=1S/C22H26N2O4S/c1-14(24-28-22(2,3)21(26)27)16-9-10-17(16)18-11-12-19(29-18)20(25)23-13-15-7-5-4-6-8-15/h4-8,11-12,16-17H,9-10,13H2,1-3H3,(H,23,25)(H,26,27)/b24-14+/t16?,17-/m0/s1. The molecule has 7 heteroatoms. The van der Waals surface area contributed by atoms with Crippen LogP contribution in [-0.4, -0.2) is 28.3 Å². The average Bonchev–Trinajstić information content (AvgIpc) is 3.14. The number of hydrogen-bond donors (Lipinski definition) is 2. The third-order valence-electron chi connectivity index (χ3n) is 5.26. The maximum atomic E-state index is 12.5. The van der Waals surface area contributed by atoms with Gasteiger partial charge in [-0.15, -0.1) is 11.3 Å². The lowest BCUT2D eigenvalue weighted by Gasteiger charge is -2.36. The number of benzene rings is 1. The summed E-state index contributed by atoms with van der Waals surface area (Å²) in [5, 5.41) is 16.2. The summed E-state index contributed by atoms with van der Waals surface area (Å²) in [4.78, 5) is 30.7. The summed E-state index contributed by atoms with van der Waals surface area (Å²) in [6.07, 6.45) is 2.00. The molecule has 1 amide bonds. The second kappa shape index (κ2) is 8.78. The van der Waals surface area contributed by atoms with Crippen molar-refractivity contribution in [2.24, 2.45) is 11.1 Å². The summed E-state index contributed by atoms with van der Waals surface area (Å²) in [7, 11) is 0. The molecule has 29 heavy (non-hydrogen) atoms. The molecule has 2 N–H and O–H groups in total. The van der Waals surface area contributed by atoms with Crippen LogP contribution in [0.5, 0.6) is 0 Å². The number of thiophene rings is 1. The first kappa shape index (κ1) is 21.0. The van der Waals surface area contributed by atoms with E-state index in [4.69, 9.17) is 9.94 Å². The van der Waals surface area contributed by atoms with Gasteiger partial charge in [0.1, 0.15) is 0 Å². The highest BCUT2D eigenvalue weighted by Gasteiger charge is 2.37. The van der Waals surface area contributed by atoms with Crippen molar-refractivity contribution in [2.45, 2.75) is 51.7 Å². The van der Waals surface area contributed by atoms with Crippen molar-refractivity contribution in [3.8, 4) is 0 Å². The van der Waals surface area contributed by atoms with Gasteiger partial charge < -0.3 is 15.3 Å². The van der Waals surface area contributed by atoms with Crippen LogP contribution in [0.4, 0.5) is 0 Å². The molecular formula is C22H26N2O4S. The van der Waals surface area contributed by atoms with E-state index in [1.807, 2.05) is 49.4 Å². The third-order valence-corrected chi connectivity index (χ3v) is 6.47. The highest BCUT2D eigenvalue weighted by molar-refractivity contribution is 7.14. The van der Waals surface area contributed by atoms with E-state index in [-0.39, 0.29) is 17.7 Å². The maximum absolute atomic E-state index is 12.5. The van der Waals surface area contributed by atoms with Gasteiger partial charge in [0, 0.05) is 23.3 Å². The van der Waals surface area contributed by atoms with Crippen LogP contribution in [0.15, 0.2) is 47.6 Å². The Labute approximate surface area is 174 Å². The zero-order valence-corrected chi connectivity index (χ0v) is 17.7. The van der Waals surface area contributed by atoms with Crippen LogP contribution in [0.25, 0.3) is 0 Å². The fraction of sp³-hybridized carbons (Fsp3) is 0.409. The Morgan fingerprint density at radius 1 is 1.21 bits per heavy atom. The lowest BCUT2D eigenvalue weighted by molar-refractivity contribution is -0.161. The highest BCUT2D eigenvalue weighted by Crippen LogP contribution is 2.45. The normalized spacial score (nSPS) is 19.3. The maximum Gasteiger partial charge on any atom is 0.350 e. The van der Waals surface area contributed by atoms with Crippen LogP contribution >= 0.6 is 11.3 Å². The molecule has 1 aliphatic carbocycles. The first-order chi connectivity index (χ1) is 13.8. The Hall–Kier alpha value is -2.67. The van der Waals surface area contributed by atoms with Gasteiger partial charge in [0.2, 0.25) is 5.60 Å². The molecule has 2 aromatic rings. The second-order valence-corrected chi connectivity index (χ2v) is 8.92. The van der Waals surface area contributed by atoms with Crippen molar-refractivity contribution >= 4 is 28.9 Å². The molecule has 0 aliphatic heterocycles. The smallest absolute Gasteiger partial charge is 0.350 e. The number of amides is 1. The molecule has 1 saturated carbocycles. The molecule has 0 spiro atoms. The summed E-state index contributed by atoms with van der Waals surface area (Å²) in [5.41, 5.74) is 0.500. The SMILES string of the molecule is C/C(=N\OC(C)(C)C(=O)O)C1CC[C@@H]1c1ccc(C(=O)NCc2ccccc2)s1. The van der Waals surface area contributed by atoms with Gasteiger partial charge in [-0.2, -0.15) is 0 Å². The quantitative estimate of drug-likeness (QED) is 0.494. The number of aliphatic carboxylic acids is 1. The molecule has 1 fully saturated rings. The Morgan fingerprint density at radius 3 is 2.55 bits per heavy atom. The van der Waals surface area contributed by atoms with Crippen LogP contribution in [0.3, 0.4) is 0 Å². The lowest BCUT2D eigenvalue weighted by atomic mass is 9.70. The fourth-order valence-corrected chi connectivity index (χ4v) is 4.30. The number of nitrogens with zero attached hydrogens (tertiary/aromatic N) is 1. The molecule has 3 rings (SSSR count). The van der Waals surface area contributed by atoms with Gasteiger partial charge in [0.15, 0.2) is 0 Å². The number of rotatable bonds is 8. The number of carboxylic acid groups (broad SMARTS) is 1. The zero-order chi connectivity index (χ0) is 21.0. The lowest BCUT2D eigenvalue weighted by Crippen LogP contribution is -2.35. The first-order valence-corrected chi connectivity index (χ1v) is 10.5. The van der Waals surface area contributed by atoms with E-state index in [1.54, 1.807) is 0 Å². The first-order valence-electron chi connectivity index (χ1n) is 9.66. The van der Waals surface area contributed by atoms with Crippen LogP contribution in [0.1, 0.15) is 59.6 Å². The van der Waals surface area contributed by atoms with Gasteiger partial charge in [-0.25, -0.2) is 4.79 Å². The highest BCUT2D eigenvalue weighted by atomic mass is 32.1. The molecule has 0 saturated heterocycles. The molecular weight excluding hydrogens is 388 g/mol. The topological polar surface area (TPSA) is 88.0 Å². The van der Waals surface area contributed by atoms with Crippen molar-refractivity contribution in [1.29, 1.82) is 0 Å². The second-order valence-electron chi connectivity index (χ2n) is 7.80. The summed E-state index contributed by atoms with van der Waals surface area (Å²) in [6.45, 7) is 5.32. The Bertz CT molecular complexity index is 905. The van der Waals surface area contributed by atoms with E-state index in [2.05, 4.69) is 10.5 Å². The number of hydrogen-bond acceptors (Lipinski definition) is 5. The van der Waals surface area contributed by atoms with Gasteiger partial charge in [0.05, 0.1) is 10.6 Å². The monoisotopic (exact) mass is 414 g/mol. The molecule has 1 heterocycles. The van der Waals surface area contributed by atoms with E-state index in [9.17, 15) is 9.59 Å². The van der Waals surface area contributed by atoms with Gasteiger partial charge in [0.25, 0.3) is 5.91 Å². The largest absolute Gasteiger partial charge is 0.478 e. The summed E-state index contributed by atoms with van der Waals surface area (Å²) in [5.74, 6) is -0.629. The average molecular weight is 415 g/mol. The molecule has 1 aromatic carbocycles. The Balaban J connectivity index is 1.59. The summed E-state index contributed by atoms with van der Waals surface area (Å²) >= 11 is 1.51. The minimum atomic E-state index is -1.35. The Kier molecular flexibility index (Phi) is 6.37. The molecule has 6 nitrogen and oxygen atoms in total. The van der Waals surface area contributed by atoms with Gasteiger partial charge in [-0.05, 0) is 51.3 Å². The zero-order valence-electron chi connectivity index (χ0n) is 16.8. The van der Waals surface area contributed by atoms with Gasteiger partial charge >= 0.3 is 5.97 Å². The number of carboxylic acids is 1. The van der Waals surface area contributed by atoms with E-state index in [0.717, 1.165) is 29.0 Å². The van der Waals surface area contributed by atoms with Crippen LogP contribution in [-0.2, 0) is 16.2 Å². The van der Waals surface area contributed by atoms with E-state index in [1.165, 1.54) is 25.2 Å². The predicted octanol–water partition coefficient (Wildman–Crippen LogP) is 4.43. The molecule has 2 atom stereocenters. The van der Waals surface area contributed by atoms with Crippen LogP contribution < -0.4 is 5.32 Å². The van der Waals surface area contributed by atoms with E-state index < -0.39 is 11.6 Å².